The Balaban J connectivity index is 2.13. The van der Waals surface area contributed by atoms with Crippen LogP contribution in [0.25, 0.3) is 6.08 Å². The number of hydrogen-bond acceptors (Lipinski definition) is 2. The summed E-state index contributed by atoms with van der Waals surface area (Å²) in [6.07, 6.45) is 8.30. The molecule has 1 heterocycles. The van der Waals surface area contributed by atoms with Crippen LogP contribution >= 0.6 is 0 Å². The van der Waals surface area contributed by atoms with Crippen molar-refractivity contribution in [1.29, 1.82) is 0 Å². The van der Waals surface area contributed by atoms with Crippen LogP contribution in [0.4, 0.5) is 0 Å². The van der Waals surface area contributed by atoms with Crippen molar-refractivity contribution in [3.8, 4) is 0 Å². The maximum atomic E-state index is 6.03. The monoisotopic (exact) mass is 288 g/mol. The molecule has 0 spiro atoms. The van der Waals surface area contributed by atoms with E-state index in [4.69, 9.17) is 9.47 Å². The molecule has 0 saturated carbocycles. The van der Waals surface area contributed by atoms with Crippen LogP contribution in [0.2, 0.25) is 0 Å². The van der Waals surface area contributed by atoms with Crippen LogP contribution in [-0.4, -0.2) is 18.5 Å². The van der Waals surface area contributed by atoms with E-state index in [0.717, 1.165) is 12.8 Å². The Morgan fingerprint density at radius 1 is 1.10 bits per heavy atom. The maximum absolute atomic E-state index is 6.03. The predicted molar refractivity (Wildman–Crippen MR) is 88.1 cm³/mol. The van der Waals surface area contributed by atoms with E-state index in [1.54, 1.807) is 0 Å². The van der Waals surface area contributed by atoms with Crippen molar-refractivity contribution in [2.24, 2.45) is 0 Å². The molecule has 2 heteroatoms. The first kappa shape index (κ1) is 16.3. The molecule has 0 bridgehead atoms. The molecule has 1 saturated heterocycles. The lowest BCUT2D eigenvalue weighted by Gasteiger charge is -2.34. The molecule has 2 nitrogen and oxygen atoms in total. The van der Waals surface area contributed by atoms with Gasteiger partial charge in [-0.15, -0.1) is 0 Å². The van der Waals surface area contributed by atoms with Gasteiger partial charge in [0.15, 0.2) is 6.29 Å². The largest absolute Gasteiger partial charge is 0.346 e. The molecule has 0 amide bonds. The minimum Gasteiger partial charge on any atom is -0.346 e. The SMILES string of the molecule is CCCCC/C(=C/c1ccccc1)C1O[C@@H](C)C[C@H](C)O1. The van der Waals surface area contributed by atoms with E-state index >= 15 is 0 Å². The molecule has 21 heavy (non-hydrogen) atoms. The van der Waals surface area contributed by atoms with E-state index in [0.29, 0.717) is 0 Å². The summed E-state index contributed by atoms with van der Waals surface area (Å²) in [5.74, 6) is 0. The Hall–Kier alpha value is -1.12. The van der Waals surface area contributed by atoms with E-state index in [2.05, 4.69) is 51.1 Å². The fourth-order valence-corrected chi connectivity index (χ4v) is 2.81. The first-order valence-electron chi connectivity index (χ1n) is 8.25. The molecule has 0 aromatic heterocycles. The van der Waals surface area contributed by atoms with E-state index in [9.17, 15) is 0 Å². The molecule has 0 aliphatic carbocycles. The summed E-state index contributed by atoms with van der Waals surface area (Å²) in [5.41, 5.74) is 2.50. The Morgan fingerprint density at radius 3 is 2.38 bits per heavy atom. The smallest absolute Gasteiger partial charge is 0.180 e. The van der Waals surface area contributed by atoms with Gasteiger partial charge in [0, 0.05) is 0 Å². The number of benzene rings is 1. The number of ether oxygens (including phenoxy) is 2. The Bertz CT molecular complexity index is 428. The van der Waals surface area contributed by atoms with Crippen molar-refractivity contribution >= 4 is 6.08 Å². The van der Waals surface area contributed by atoms with Crippen molar-refractivity contribution in [3.63, 3.8) is 0 Å². The summed E-state index contributed by atoms with van der Waals surface area (Å²) < 4.78 is 12.1. The predicted octanol–water partition coefficient (Wildman–Crippen LogP) is 5.19. The minimum absolute atomic E-state index is 0.180. The first-order valence-corrected chi connectivity index (χ1v) is 8.25. The van der Waals surface area contributed by atoms with Crippen LogP contribution in [0, 0.1) is 0 Å². The number of rotatable bonds is 6. The van der Waals surface area contributed by atoms with Crippen molar-refractivity contribution in [1.82, 2.24) is 0 Å². The second-order valence-corrected chi connectivity index (χ2v) is 6.05. The lowest BCUT2D eigenvalue weighted by atomic mass is 10.0. The minimum atomic E-state index is -0.180. The molecule has 1 aliphatic heterocycles. The Kier molecular flexibility index (Phi) is 6.47. The molecule has 0 unspecified atom stereocenters. The van der Waals surface area contributed by atoms with Crippen LogP contribution in [-0.2, 0) is 9.47 Å². The van der Waals surface area contributed by atoms with Crippen LogP contribution in [0.5, 0.6) is 0 Å². The summed E-state index contributed by atoms with van der Waals surface area (Å²) in [6, 6.07) is 10.5. The highest BCUT2D eigenvalue weighted by atomic mass is 16.7. The molecule has 1 aliphatic rings. The van der Waals surface area contributed by atoms with Gasteiger partial charge in [-0.2, -0.15) is 0 Å². The van der Waals surface area contributed by atoms with E-state index < -0.39 is 0 Å². The number of hydrogen-bond donors (Lipinski definition) is 0. The normalized spacial score (nSPS) is 26.8. The van der Waals surface area contributed by atoms with Gasteiger partial charge < -0.3 is 9.47 Å². The molecular weight excluding hydrogens is 260 g/mol. The maximum Gasteiger partial charge on any atom is 0.180 e. The summed E-state index contributed by atoms with van der Waals surface area (Å²) in [6.45, 7) is 6.51. The zero-order valence-corrected chi connectivity index (χ0v) is 13.5. The van der Waals surface area contributed by atoms with E-state index in [-0.39, 0.29) is 18.5 Å². The van der Waals surface area contributed by atoms with Gasteiger partial charge in [-0.3, -0.25) is 0 Å². The standard InChI is InChI=1S/C19H28O2/c1-4-5-7-12-18(14-17-10-8-6-9-11-17)19-20-15(2)13-16(3)21-19/h6,8-11,14-16,19H,4-5,7,12-13H2,1-3H3/b18-14-/t15-,16-/m0/s1. The van der Waals surface area contributed by atoms with Crippen molar-refractivity contribution in [3.05, 3.63) is 41.5 Å². The van der Waals surface area contributed by atoms with Gasteiger partial charge in [-0.1, -0.05) is 56.2 Å². The average molecular weight is 288 g/mol. The second kappa shape index (κ2) is 8.35. The fourth-order valence-electron chi connectivity index (χ4n) is 2.81. The zero-order valence-electron chi connectivity index (χ0n) is 13.5. The third kappa shape index (κ3) is 5.29. The molecule has 116 valence electrons. The molecule has 1 aromatic carbocycles. The molecule has 2 rings (SSSR count). The molecule has 0 radical (unpaired) electrons. The van der Waals surface area contributed by atoms with E-state index in [1.165, 1.54) is 30.4 Å². The molecule has 1 aromatic rings. The van der Waals surface area contributed by atoms with E-state index in [1.807, 2.05) is 6.07 Å². The van der Waals surface area contributed by atoms with Crippen molar-refractivity contribution in [2.45, 2.75) is 71.4 Å². The average Bonchev–Trinajstić information content (AvgIpc) is 2.46. The van der Waals surface area contributed by atoms with Gasteiger partial charge in [-0.05, 0) is 44.2 Å². The number of unbranched alkanes of at least 4 members (excludes halogenated alkanes) is 2. The Morgan fingerprint density at radius 2 is 1.76 bits per heavy atom. The Labute approximate surface area is 129 Å². The third-order valence-electron chi connectivity index (χ3n) is 3.90. The van der Waals surface area contributed by atoms with Gasteiger partial charge in [0.05, 0.1) is 12.2 Å². The second-order valence-electron chi connectivity index (χ2n) is 6.05. The molecule has 0 N–H and O–H groups in total. The summed E-state index contributed by atoms with van der Waals surface area (Å²) >= 11 is 0. The summed E-state index contributed by atoms with van der Waals surface area (Å²) in [7, 11) is 0. The van der Waals surface area contributed by atoms with Crippen LogP contribution in [0.3, 0.4) is 0 Å². The highest BCUT2D eigenvalue weighted by Crippen LogP contribution is 2.27. The lowest BCUT2D eigenvalue weighted by Crippen LogP contribution is -2.36. The van der Waals surface area contributed by atoms with Gasteiger partial charge in [-0.25, -0.2) is 0 Å². The fraction of sp³-hybridized carbons (Fsp3) is 0.579. The van der Waals surface area contributed by atoms with Gasteiger partial charge >= 0.3 is 0 Å². The molecule has 1 fully saturated rings. The highest BCUT2D eigenvalue weighted by Gasteiger charge is 2.27. The van der Waals surface area contributed by atoms with Crippen molar-refractivity contribution < 1.29 is 9.47 Å². The first-order chi connectivity index (χ1) is 10.2. The quantitative estimate of drug-likeness (QED) is 0.671. The van der Waals surface area contributed by atoms with Gasteiger partial charge in [0.25, 0.3) is 0 Å². The van der Waals surface area contributed by atoms with Crippen LogP contribution in [0.1, 0.15) is 58.4 Å². The third-order valence-corrected chi connectivity index (χ3v) is 3.90. The summed E-state index contributed by atoms with van der Waals surface area (Å²) in [4.78, 5) is 0. The van der Waals surface area contributed by atoms with Gasteiger partial charge in [0.2, 0.25) is 0 Å². The van der Waals surface area contributed by atoms with Crippen LogP contribution < -0.4 is 0 Å². The molecular formula is C19H28O2. The summed E-state index contributed by atoms with van der Waals surface area (Å²) in [5, 5.41) is 0. The lowest BCUT2D eigenvalue weighted by molar-refractivity contribution is -0.215. The molecule has 2 atom stereocenters. The van der Waals surface area contributed by atoms with Gasteiger partial charge in [0.1, 0.15) is 0 Å². The highest BCUT2D eigenvalue weighted by molar-refractivity contribution is 5.53. The zero-order chi connectivity index (χ0) is 15.1. The van der Waals surface area contributed by atoms with Crippen LogP contribution in [0.15, 0.2) is 35.9 Å². The topological polar surface area (TPSA) is 18.5 Å². The van der Waals surface area contributed by atoms with Crippen molar-refractivity contribution in [2.75, 3.05) is 0 Å².